The number of fused-ring (bicyclic) bond motifs is 1. The summed E-state index contributed by atoms with van der Waals surface area (Å²) in [4.78, 5) is 27.3. The van der Waals surface area contributed by atoms with E-state index in [1.54, 1.807) is 9.80 Å². The lowest BCUT2D eigenvalue weighted by molar-refractivity contribution is -0.143. The van der Waals surface area contributed by atoms with Gasteiger partial charge in [-0.25, -0.2) is 0 Å². The lowest BCUT2D eigenvalue weighted by atomic mass is 10.2. The van der Waals surface area contributed by atoms with Crippen LogP contribution < -0.4 is 9.47 Å². The van der Waals surface area contributed by atoms with Crippen molar-refractivity contribution in [3.63, 3.8) is 0 Å². The minimum Gasteiger partial charge on any atom is -0.486 e. The molecule has 136 valence electrons. The normalized spacial score (nSPS) is 22.6. The Labute approximate surface area is 147 Å². The molecule has 1 aromatic carbocycles. The van der Waals surface area contributed by atoms with E-state index >= 15 is 0 Å². The maximum atomic E-state index is 12.6. The number of carboxylic acids is 1. The Bertz CT molecular complexity index is 636. The number of hydrogen-bond acceptors (Lipinski definition) is 5. The molecule has 0 saturated carbocycles. The molecule has 2 unspecified atom stereocenters. The third-order valence-electron chi connectivity index (χ3n) is 4.71. The Balaban J connectivity index is 1.57. The lowest BCUT2D eigenvalue weighted by Crippen LogP contribution is -2.48. The second-order valence-corrected chi connectivity index (χ2v) is 6.40. The zero-order valence-corrected chi connectivity index (χ0v) is 14.4. The van der Waals surface area contributed by atoms with Crippen molar-refractivity contribution < 1.29 is 24.2 Å². The molecule has 7 heteroatoms. The number of carbonyl (C=O) groups excluding carboxylic acids is 1. The molecule has 1 fully saturated rings. The van der Waals surface area contributed by atoms with Crippen LogP contribution in [0.5, 0.6) is 11.5 Å². The van der Waals surface area contributed by atoms with Gasteiger partial charge in [0.1, 0.15) is 12.6 Å². The summed E-state index contributed by atoms with van der Waals surface area (Å²) in [5.74, 6) is 0.481. The van der Waals surface area contributed by atoms with Crippen molar-refractivity contribution in [1.29, 1.82) is 0 Å². The first-order chi connectivity index (χ1) is 12.1. The van der Waals surface area contributed by atoms with Crippen LogP contribution in [-0.2, 0) is 9.59 Å². The number of aliphatic carboxylic acids is 1. The van der Waals surface area contributed by atoms with Crippen molar-refractivity contribution in [2.24, 2.45) is 0 Å². The highest BCUT2D eigenvalue weighted by Crippen LogP contribution is 2.31. The van der Waals surface area contributed by atoms with Crippen LogP contribution in [-0.4, -0.2) is 71.7 Å². The molecule has 2 aliphatic heterocycles. The van der Waals surface area contributed by atoms with Crippen molar-refractivity contribution in [1.82, 2.24) is 9.80 Å². The molecule has 1 saturated heterocycles. The Kier molecular flexibility index (Phi) is 5.43. The zero-order valence-electron chi connectivity index (χ0n) is 14.4. The quantitative estimate of drug-likeness (QED) is 0.833. The van der Waals surface area contributed by atoms with E-state index < -0.39 is 12.0 Å². The van der Waals surface area contributed by atoms with Gasteiger partial charge in [0.15, 0.2) is 17.6 Å². The van der Waals surface area contributed by atoms with Crippen LogP contribution in [0.2, 0.25) is 0 Å². The molecule has 0 spiro atoms. The summed E-state index contributed by atoms with van der Waals surface area (Å²) in [6.45, 7) is 4.06. The number of carboxylic acid groups (broad SMARTS) is 1. The Morgan fingerprint density at radius 2 is 2.08 bits per heavy atom. The fraction of sp³-hybridized carbons (Fsp3) is 0.556. The largest absolute Gasteiger partial charge is 0.486 e. The maximum Gasteiger partial charge on any atom is 0.320 e. The highest BCUT2D eigenvalue weighted by atomic mass is 16.6. The smallest absolute Gasteiger partial charge is 0.320 e. The number of ether oxygens (including phenoxy) is 2. The van der Waals surface area contributed by atoms with E-state index in [0.717, 1.165) is 12.2 Å². The van der Waals surface area contributed by atoms with Gasteiger partial charge in [-0.1, -0.05) is 12.1 Å². The summed E-state index contributed by atoms with van der Waals surface area (Å²) in [6, 6.07) is 6.92. The highest BCUT2D eigenvalue weighted by molar-refractivity contribution is 5.80. The first kappa shape index (κ1) is 17.5. The van der Waals surface area contributed by atoms with Crippen LogP contribution in [0, 0.1) is 0 Å². The number of likely N-dealkylation sites (N-methyl/N-ethyl adjacent to an activating group) is 1. The predicted molar refractivity (Wildman–Crippen MR) is 90.8 cm³/mol. The third-order valence-corrected chi connectivity index (χ3v) is 4.71. The number of hydrogen-bond donors (Lipinski definition) is 1. The van der Waals surface area contributed by atoms with Gasteiger partial charge in [-0.15, -0.1) is 0 Å². The Hall–Kier alpha value is -2.28. The molecule has 0 bridgehead atoms. The van der Waals surface area contributed by atoms with Gasteiger partial charge in [-0.05, 0) is 38.4 Å². The number of nitrogens with zero attached hydrogens (tertiary/aromatic N) is 2. The van der Waals surface area contributed by atoms with E-state index in [0.29, 0.717) is 38.4 Å². The Morgan fingerprint density at radius 3 is 2.80 bits per heavy atom. The first-order valence-electron chi connectivity index (χ1n) is 8.71. The summed E-state index contributed by atoms with van der Waals surface area (Å²) in [6.07, 6.45) is 1.19. The molecule has 25 heavy (non-hydrogen) atoms. The van der Waals surface area contributed by atoms with Crippen LogP contribution in [0.3, 0.4) is 0 Å². The standard InChI is InChI=1S/C18H24N2O5/c1-2-19(17(21)11-20-9-5-6-14(20)18(22)23)10-13-12-24-15-7-3-4-8-16(15)25-13/h3-4,7-8,13-14H,2,5-6,9-12H2,1H3,(H,22,23). The second-order valence-electron chi connectivity index (χ2n) is 6.40. The van der Waals surface area contributed by atoms with Crippen LogP contribution >= 0.6 is 0 Å². The van der Waals surface area contributed by atoms with E-state index in [4.69, 9.17) is 9.47 Å². The maximum absolute atomic E-state index is 12.6. The van der Waals surface area contributed by atoms with Crippen molar-refractivity contribution in [2.45, 2.75) is 31.9 Å². The highest BCUT2D eigenvalue weighted by Gasteiger charge is 2.33. The number of rotatable bonds is 6. The van der Waals surface area contributed by atoms with Gasteiger partial charge in [0.2, 0.25) is 5.91 Å². The predicted octanol–water partition coefficient (Wildman–Crippen LogP) is 1.22. The molecular formula is C18H24N2O5. The number of para-hydroxylation sites is 2. The van der Waals surface area contributed by atoms with Crippen LogP contribution in [0.4, 0.5) is 0 Å². The molecule has 2 heterocycles. The van der Waals surface area contributed by atoms with E-state index in [1.807, 2.05) is 31.2 Å². The zero-order chi connectivity index (χ0) is 17.8. The minimum atomic E-state index is -0.853. The summed E-state index contributed by atoms with van der Waals surface area (Å²) in [5.41, 5.74) is 0. The van der Waals surface area contributed by atoms with Gasteiger partial charge in [-0.3, -0.25) is 14.5 Å². The molecular weight excluding hydrogens is 324 g/mol. The SMILES string of the molecule is CCN(CC1COc2ccccc2O1)C(=O)CN1CCCC1C(=O)O. The third kappa shape index (κ3) is 4.04. The van der Waals surface area contributed by atoms with Crippen LogP contribution in [0.15, 0.2) is 24.3 Å². The molecule has 2 aliphatic rings. The summed E-state index contributed by atoms with van der Waals surface area (Å²) in [5, 5.41) is 9.24. The number of amides is 1. The van der Waals surface area contributed by atoms with E-state index in [2.05, 4.69) is 0 Å². The minimum absolute atomic E-state index is 0.0712. The van der Waals surface area contributed by atoms with Crippen LogP contribution in [0.25, 0.3) is 0 Å². The topological polar surface area (TPSA) is 79.3 Å². The molecule has 7 nitrogen and oxygen atoms in total. The average Bonchev–Trinajstić information content (AvgIpc) is 3.07. The lowest BCUT2D eigenvalue weighted by Gasteiger charge is -2.32. The average molecular weight is 348 g/mol. The Morgan fingerprint density at radius 1 is 1.32 bits per heavy atom. The van der Waals surface area contributed by atoms with Gasteiger partial charge in [0.25, 0.3) is 0 Å². The fourth-order valence-electron chi connectivity index (χ4n) is 3.37. The molecule has 1 amide bonds. The number of carbonyl (C=O) groups is 2. The molecule has 0 aromatic heterocycles. The van der Waals surface area contributed by atoms with Crippen molar-refractivity contribution >= 4 is 11.9 Å². The number of benzene rings is 1. The van der Waals surface area contributed by atoms with Gasteiger partial charge < -0.3 is 19.5 Å². The molecule has 2 atom stereocenters. The van der Waals surface area contributed by atoms with Gasteiger partial charge in [-0.2, -0.15) is 0 Å². The van der Waals surface area contributed by atoms with Crippen molar-refractivity contribution in [3.05, 3.63) is 24.3 Å². The molecule has 1 N–H and O–H groups in total. The van der Waals surface area contributed by atoms with E-state index in [1.165, 1.54) is 0 Å². The van der Waals surface area contributed by atoms with Crippen molar-refractivity contribution in [2.75, 3.05) is 32.8 Å². The summed E-state index contributed by atoms with van der Waals surface area (Å²) >= 11 is 0. The van der Waals surface area contributed by atoms with Gasteiger partial charge in [0.05, 0.1) is 13.1 Å². The molecule has 3 rings (SSSR count). The monoisotopic (exact) mass is 348 g/mol. The number of likely N-dealkylation sites (tertiary alicyclic amines) is 1. The second kappa shape index (κ2) is 7.74. The summed E-state index contributed by atoms with van der Waals surface area (Å²) < 4.78 is 11.6. The van der Waals surface area contributed by atoms with Gasteiger partial charge >= 0.3 is 5.97 Å². The fourth-order valence-corrected chi connectivity index (χ4v) is 3.37. The molecule has 0 radical (unpaired) electrons. The van der Waals surface area contributed by atoms with Crippen LogP contribution in [0.1, 0.15) is 19.8 Å². The summed E-state index contributed by atoms with van der Waals surface area (Å²) in [7, 11) is 0. The van der Waals surface area contributed by atoms with Crippen molar-refractivity contribution in [3.8, 4) is 11.5 Å². The molecule has 0 aliphatic carbocycles. The van der Waals surface area contributed by atoms with E-state index in [-0.39, 0.29) is 18.6 Å². The first-order valence-corrected chi connectivity index (χ1v) is 8.71. The van der Waals surface area contributed by atoms with E-state index in [9.17, 15) is 14.7 Å². The van der Waals surface area contributed by atoms with Gasteiger partial charge in [0, 0.05) is 6.54 Å². The molecule has 1 aromatic rings.